The maximum absolute atomic E-state index is 12.3. The maximum atomic E-state index is 12.3. The smallest absolute Gasteiger partial charge is 0.222 e. The van der Waals surface area contributed by atoms with E-state index in [4.69, 9.17) is 19.9 Å². The van der Waals surface area contributed by atoms with Gasteiger partial charge in [-0.25, -0.2) is 0 Å². The summed E-state index contributed by atoms with van der Waals surface area (Å²) >= 11 is 0. The van der Waals surface area contributed by atoms with Crippen LogP contribution in [0.2, 0.25) is 0 Å². The number of methoxy groups -OCH3 is 2. The number of hydrogen-bond donors (Lipinski definition) is 3. The topological polar surface area (TPSA) is 103 Å². The van der Waals surface area contributed by atoms with Crippen molar-refractivity contribution < 1.29 is 24.1 Å². The van der Waals surface area contributed by atoms with Crippen molar-refractivity contribution in [3.8, 4) is 11.5 Å². The molecule has 1 amide bonds. The second kappa shape index (κ2) is 17.4. The maximum Gasteiger partial charge on any atom is 0.222 e. The molecule has 7 nitrogen and oxygen atoms in total. The van der Waals surface area contributed by atoms with E-state index in [-0.39, 0.29) is 17.7 Å². The normalized spacial score (nSPS) is 15.1. The molecule has 0 radical (unpaired) electrons. The van der Waals surface area contributed by atoms with Crippen LogP contribution < -0.4 is 20.5 Å². The van der Waals surface area contributed by atoms with E-state index < -0.39 is 12.1 Å². The van der Waals surface area contributed by atoms with Crippen molar-refractivity contribution in [3.63, 3.8) is 0 Å². The summed E-state index contributed by atoms with van der Waals surface area (Å²) < 4.78 is 16.4. The molecule has 0 unspecified atom stereocenters. The van der Waals surface area contributed by atoms with Gasteiger partial charge >= 0.3 is 0 Å². The third-order valence-electron chi connectivity index (χ3n) is 6.37. The van der Waals surface area contributed by atoms with Gasteiger partial charge in [0.25, 0.3) is 0 Å². The molecule has 7 heteroatoms. The van der Waals surface area contributed by atoms with Gasteiger partial charge in [0.15, 0.2) is 11.5 Å². The molecule has 4 atom stereocenters. The van der Waals surface area contributed by atoms with Gasteiger partial charge in [-0.15, -0.1) is 0 Å². The lowest BCUT2D eigenvalue weighted by Crippen LogP contribution is -2.41. The molecule has 0 aliphatic carbocycles. The molecule has 35 heavy (non-hydrogen) atoms. The molecule has 0 saturated carbocycles. The first kappa shape index (κ1) is 30.9. The van der Waals surface area contributed by atoms with Gasteiger partial charge in [-0.2, -0.15) is 0 Å². The summed E-state index contributed by atoms with van der Waals surface area (Å²) in [7, 11) is 3.28. The van der Waals surface area contributed by atoms with Crippen molar-refractivity contribution in [3.05, 3.63) is 35.9 Å². The quantitative estimate of drug-likeness (QED) is 0.210. The Morgan fingerprint density at radius 3 is 2.46 bits per heavy atom. The zero-order valence-corrected chi connectivity index (χ0v) is 22.6. The number of nitrogens with one attached hydrogen (secondary N) is 1. The number of benzene rings is 1. The highest BCUT2D eigenvalue weighted by molar-refractivity contribution is 5.78. The van der Waals surface area contributed by atoms with E-state index in [2.05, 4.69) is 26.1 Å². The van der Waals surface area contributed by atoms with Crippen molar-refractivity contribution in [2.24, 2.45) is 23.5 Å². The fraction of sp³-hybridized carbons (Fsp3) is 0.679. The number of carbonyl (C=O) groups excluding carboxylic acids is 1. The molecule has 4 N–H and O–H groups in total. The summed E-state index contributed by atoms with van der Waals surface area (Å²) in [6.07, 6.45) is 6.94. The Morgan fingerprint density at radius 2 is 1.83 bits per heavy atom. The molecular formula is C28H48N2O5. The Bertz CT molecular complexity index is 753. The van der Waals surface area contributed by atoms with Crippen LogP contribution in [-0.2, 0) is 16.0 Å². The van der Waals surface area contributed by atoms with Gasteiger partial charge in [-0.1, -0.05) is 46.3 Å². The van der Waals surface area contributed by atoms with Gasteiger partial charge in [0.1, 0.15) is 6.61 Å². The SMILES string of the molecule is CCCCNC(=O)[C@H](C)C[C@H](O)[C@@H](N)C[C@H](Cc1ccc(OC)c(OCC=CCOC)c1)C(C)C. The Morgan fingerprint density at radius 1 is 1.11 bits per heavy atom. The molecule has 0 spiro atoms. The zero-order chi connectivity index (χ0) is 26.2. The van der Waals surface area contributed by atoms with E-state index >= 15 is 0 Å². The molecule has 0 aliphatic heterocycles. The molecule has 0 saturated heterocycles. The standard InChI is InChI=1S/C28H48N2O5/c1-7-8-13-30-28(32)21(4)16-25(31)24(29)19-23(20(2)3)17-22-11-12-26(34-6)27(18-22)35-15-10-9-14-33-5/h9-12,18,20-21,23-25,31H,7-8,13-17,19,29H2,1-6H3,(H,30,32)/t21-,23+,24+,25+/m1/s1. The molecule has 0 aliphatic rings. The van der Waals surface area contributed by atoms with E-state index in [0.29, 0.717) is 50.0 Å². The van der Waals surface area contributed by atoms with Crippen LogP contribution in [0, 0.1) is 17.8 Å². The number of nitrogens with two attached hydrogens (primary N) is 1. The third-order valence-corrected chi connectivity index (χ3v) is 6.37. The largest absolute Gasteiger partial charge is 0.493 e. The minimum absolute atomic E-state index is 0.0204. The van der Waals surface area contributed by atoms with Crippen molar-refractivity contribution >= 4 is 5.91 Å². The summed E-state index contributed by atoms with van der Waals surface area (Å²) in [6, 6.07) is 5.59. The summed E-state index contributed by atoms with van der Waals surface area (Å²) in [5.41, 5.74) is 7.55. The van der Waals surface area contributed by atoms with Crippen LogP contribution in [-0.4, -0.2) is 57.1 Å². The minimum Gasteiger partial charge on any atom is -0.493 e. The number of aliphatic hydroxyl groups is 1. The highest BCUT2D eigenvalue weighted by atomic mass is 16.5. The van der Waals surface area contributed by atoms with Crippen molar-refractivity contribution in [2.75, 3.05) is 34.0 Å². The molecule has 1 rings (SSSR count). The Hall–Kier alpha value is -2.09. The van der Waals surface area contributed by atoms with Crippen LogP contribution in [0.1, 0.15) is 58.9 Å². The first-order valence-electron chi connectivity index (χ1n) is 12.9. The fourth-order valence-electron chi connectivity index (χ4n) is 3.94. The van der Waals surface area contributed by atoms with E-state index in [1.165, 1.54) is 0 Å². The molecule has 0 aromatic heterocycles. The van der Waals surface area contributed by atoms with Crippen LogP contribution in [0.25, 0.3) is 0 Å². The summed E-state index contributed by atoms with van der Waals surface area (Å²) in [5.74, 6) is 1.75. The lowest BCUT2D eigenvalue weighted by atomic mass is 9.82. The molecule has 1 aromatic carbocycles. The second-order valence-electron chi connectivity index (χ2n) is 9.68. The van der Waals surface area contributed by atoms with Gasteiger partial charge in [-0.05, 0) is 61.3 Å². The van der Waals surface area contributed by atoms with Crippen LogP contribution in [0.4, 0.5) is 0 Å². The Balaban J connectivity index is 2.75. The zero-order valence-electron chi connectivity index (χ0n) is 22.6. The van der Waals surface area contributed by atoms with Gasteiger partial charge in [-0.3, -0.25) is 4.79 Å². The number of amides is 1. The predicted octanol–water partition coefficient (Wildman–Crippen LogP) is 4.11. The lowest BCUT2D eigenvalue weighted by Gasteiger charge is -2.28. The van der Waals surface area contributed by atoms with Gasteiger partial charge < -0.3 is 30.4 Å². The number of unbranched alkanes of at least 4 members (excludes halogenated alkanes) is 1. The molecule has 1 aromatic rings. The van der Waals surface area contributed by atoms with Crippen LogP contribution in [0.15, 0.2) is 30.4 Å². The van der Waals surface area contributed by atoms with E-state index in [0.717, 1.165) is 24.8 Å². The molecule has 0 heterocycles. The van der Waals surface area contributed by atoms with Crippen LogP contribution in [0.3, 0.4) is 0 Å². The summed E-state index contributed by atoms with van der Waals surface area (Å²) in [6.45, 7) is 9.94. The summed E-state index contributed by atoms with van der Waals surface area (Å²) in [4.78, 5) is 12.3. The molecule has 0 bridgehead atoms. The summed E-state index contributed by atoms with van der Waals surface area (Å²) in [5, 5.41) is 13.7. The average molecular weight is 493 g/mol. The first-order chi connectivity index (χ1) is 16.7. The molecule has 200 valence electrons. The van der Waals surface area contributed by atoms with Crippen LogP contribution >= 0.6 is 0 Å². The number of carbonyl (C=O) groups is 1. The van der Waals surface area contributed by atoms with Gasteiger partial charge in [0.2, 0.25) is 5.91 Å². The third kappa shape index (κ3) is 11.9. The lowest BCUT2D eigenvalue weighted by molar-refractivity contribution is -0.125. The molecule has 0 fully saturated rings. The van der Waals surface area contributed by atoms with Gasteiger partial charge in [0.05, 0.1) is 19.8 Å². The predicted molar refractivity (Wildman–Crippen MR) is 142 cm³/mol. The number of ether oxygens (including phenoxy) is 3. The van der Waals surface area contributed by atoms with Gasteiger partial charge in [0, 0.05) is 25.6 Å². The van der Waals surface area contributed by atoms with E-state index in [1.54, 1.807) is 14.2 Å². The molecular weight excluding hydrogens is 444 g/mol. The average Bonchev–Trinajstić information content (AvgIpc) is 2.83. The Labute approximate surface area is 212 Å². The number of aliphatic hydroxyl groups excluding tert-OH is 1. The highest BCUT2D eigenvalue weighted by Crippen LogP contribution is 2.31. The monoisotopic (exact) mass is 492 g/mol. The number of rotatable bonds is 18. The van der Waals surface area contributed by atoms with Crippen molar-refractivity contribution in [1.29, 1.82) is 0 Å². The van der Waals surface area contributed by atoms with E-state index in [9.17, 15) is 9.90 Å². The van der Waals surface area contributed by atoms with Crippen molar-refractivity contribution in [1.82, 2.24) is 5.32 Å². The van der Waals surface area contributed by atoms with Crippen molar-refractivity contribution in [2.45, 2.75) is 71.9 Å². The fourth-order valence-corrected chi connectivity index (χ4v) is 3.94. The second-order valence-corrected chi connectivity index (χ2v) is 9.68. The Kier molecular flexibility index (Phi) is 15.3. The van der Waals surface area contributed by atoms with E-state index in [1.807, 2.05) is 37.3 Å². The minimum atomic E-state index is -0.725. The highest BCUT2D eigenvalue weighted by Gasteiger charge is 2.26. The number of hydrogen-bond acceptors (Lipinski definition) is 6. The first-order valence-corrected chi connectivity index (χ1v) is 12.9. The van der Waals surface area contributed by atoms with Crippen LogP contribution in [0.5, 0.6) is 11.5 Å².